The van der Waals surface area contributed by atoms with Crippen LogP contribution in [0.1, 0.15) is 24.3 Å². The van der Waals surface area contributed by atoms with Gasteiger partial charge in [-0.1, -0.05) is 18.2 Å². The van der Waals surface area contributed by atoms with Gasteiger partial charge in [0.25, 0.3) is 0 Å². The monoisotopic (exact) mass is 351 g/mol. The average molecular weight is 351 g/mol. The van der Waals surface area contributed by atoms with Crippen molar-refractivity contribution in [3.63, 3.8) is 0 Å². The molecule has 3 aromatic rings. The largest absolute Gasteiger partial charge is 0.361 e. The Morgan fingerprint density at radius 3 is 2.62 bits per heavy atom. The zero-order valence-electron chi connectivity index (χ0n) is 14.5. The third-order valence-corrected chi connectivity index (χ3v) is 5.14. The molecule has 1 saturated heterocycles. The number of benzene rings is 2. The Morgan fingerprint density at radius 1 is 1.12 bits per heavy atom. The van der Waals surface area contributed by atoms with Gasteiger partial charge in [0.15, 0.2) is 0 Å². The topological polar surface area (TPSA) is 48.1 Å². The molecule has 2 aromatic carbocycles. The van der Waals surface area contributed by atoms with E-state index in [4.69, 9.17) is 0 Å². The maximum atomic E-state index is 12.9. The van der Waals surface area contributed by atoms with E-state index >= 15 is 0 Å². The highest BCUT2D eigenvalue weighted by atomic mass is 19.1. The number of H-pyrrole nitrogens is 1. The number of likely N-dealkylation sites (tertiary alicyclic amines) is 1. The van der Waals surface area contributed by atoms with Crippen LogP contribution in [-0.4, -0.2) is 35.4 Å². The summed E-state index contributed by atoms with van der Waals surface area (Å²) in [5, 5.41) is 4.13. The molecule has 0 bridgehead atoms. The predicted octanol–water partition coefficient (Wildman–Crippen LogP) is 4.13. The van der Waals surface area contributed by atoms with Gasteiger partial charge in [0.05, 0.1) is 6.54 Å². The van der Waals surface area contributed by atoms with Crippen LogP contribution in [0.5, 0.6) is 0 Å². The number of aromatic nitrogens is 1. The van der Waals surface area contributed by atoms with Gasteiger partial charge in [0, 0.05) is 22.8 Å². The minimum Gasteiger partial charge on any atom is -0.361 e. The number of fused-ring (bicyclic) bond motifs is 1. The van der Waals surface area contributed by atoms with E-state index in [9.17, 15) is 9.18 Å². The van der Waals surface area contributed by atoms with E-state index in [0.717, 1.165) is 25.9 Å². The number of nitrogens with one attached hydrogen (secondary N) is 2. The Bertz CT molecular complexity index is 895. The third-order valence-electron chi connectivity index (χ3n) is 5.14. The second-order valence-electron chi connectivity index (χ2n) is 6.90. The highest BCUT2D eigenvalue weighted by Crippen LogP contribution is 2.32. The van der Waals surface area contributed by atoms with E-state index in [2.05, 4.69) is 39.6 Å². The van der Waals surface area contributed by atoms with Gasteiger partial charge < -0.3 is 10.3 Å². The van der Waals surface area contributed by atoms with E-state index in [1.54, 1.807) is 12.1 Å². The first kappa shape index (κ1) is 16.8. The minimum atomic E-state index is -0.303. The molecule has 2 heterocycles. The molecule has 0 spiro atoms. The lowest BCUT2D eigenvalue weighted by atomic mass is 9.89. The number of piperidine rings is 1. The molecular formula is C21H22FN3O. The molecular weight excluding hydrogens is 329 g/mol. The van der Waals surface area contributed by atoms with Crippen LogP contribution in [0.4, 0.5) is 10.1 Å². The second kappa shape index (κ2) is 7.30. The molecule has 1 amide bonds. The fourth-order valence-corrected chi connectivity index (χ4v) is 3.77. The number of anilines is 1. The van der Waals surface area contributed by atoms with Crippen molar-refractivity contribution >= 4 is 22.5 Å². The highest BCUT2D eigenvalue weighted by molar-refractivity contribution is 5.92. The lowest BCUT2D eigenvalue weighted by molar-refractivity contribution is -0.117. The van der Waals surface area contributed by atoms with Gasteiger partial charge in [0.2, 0.25) is 5.91 Å². The second-order valence-corrected chi connectivity index (χ2v) is 6.90. The minimum absolute atomic E-state index is 0.0536. The summed E-state index contributed by atoms with van der Waals surface area (Å²) >= 11 is 0. The van der Waals surface area contributed by atoms with E-state index in [1.165, 1.54) is 28.6 Å². The summed E-state index contributed by atoms with van der Waals surface area (Å²) in [6.07, 6.45) is 4.23. The molecule has 1 fully saturated rings. The standard InChI is InChI=1S/C21H22FN3O/c22-16-5-7-17(8-6-16)24-21(26)14-25-11-9-15(10-12-25)19-13-23-20-4-2-1-3-18(19)20/h1-8,13,15,23H,9-12,14H2,(H,24,26). The lowest BCUT2D eigenvalue weighted by Crippen LogP contribution is -2.38. The molecule has 0 radical (unpaired) electrons. The summed E-state index contributed by atoms with van der Waals surface area (Å²) in [4.78, 5) is 17.7. The fourth-order valence-electron chi connectivity index (χ4n) is 3.77. The number of rotatable bonds is 4. The number of nitrogens with zero attached hydrogens (tertiary/aromatic N) is 1. The lowest BCUT2D eigenvalue weighted by Gasteiger charge is -2.31. The average Bonchev–Trinajstić information content (AvgIpc) is 3.08. The molecule has 0 saturated carbocycles. The molecule has 134 valence electrons. The van der Waals surface area contributed by atoms with Gasteiger partial charge in [0.1, 0.15) is 5.82 Å². The Kier molecular flexibility index (Phi) is 4.71. The summed E-state index contributed by atoms with van der Waals surface area (Å²) < 4.78 is 12.9. The molecule has 0 atom stereocenters. The number of carbonyl (C=O) groups excluding carboxylic acids is 1. The third kappa shape index (κ3) is 3.63. The van der Waals surface area contributed by atoms with Crippen LogP contribution in [-0.2, 0) is 4.79 Å². The van der Waals surface area contributed by atoms with Crippen LogP contribution < -0.4 is 5.32 Å². The summed E-state index contributed by atoms with van der Waals surface area (Å²) in [5.41, 5.74) is 3.20. The van der Waals surface area contributed by atoms with Crippen LogP contribution >= 0.6 is 0 Å². The number of halogens is 1. The molecule has 26 heavy (non-hydrogen) atoms. The zero-order chi connectivity index (χ0) is 17.9. The number of aromatic amines is 1. The van der Waals surface area contributed by atoms with Crippen LogP contribution in [0.2, 0.25) is 0 Å². The van der Waals surface area contributed by atoms with Crippen molar-refractivity contribution in [2.24, 2.45) is 0 Å². The maximum Gasteiger partial charge on any atom is 0.238 e. The summed E-state index contributed by atoms with van der Waals surface area (Å²) in [6, 6.07) is 14.3. The SMILES string of the molecule is O=C(CN1CCC(c2c[nH]c3ccccc23)CC1)Nc1ccc(F)cc1. The van der Waals surface area contributed by atoms with Crippen LogP contribution in [0.25, 0.3) is 10.9 Å². The van der Waals surface area contributed by atoms with Gasteiger partial charge in [-0.05, 0) is 67.7 Å². The number of hydrogen-bond acceptors (Lipinski definition) is 2. The van der Waals surface area contributed by atoms with Crippen molar-refractivity contribution in [2.75, 3.05) is 25.0 Å². The van der Waals surface area contributed by atoms with Crippen LogP contribution in [0.15, 0.2) is 54.7 Å². The number of amides is 1. The zero-order valence-corrected chi connectivity index (χ0v) is 14.5. The Balaban J connectivity index is 1.32. The molecule has 2 N–H and O–H groups in total. The van der Waals surface area contributed by atoms with Crippen molar-refractivity contribution in [2.45, 2.75) is 18.8 Å². The normalized spacial score (nSPS) is 16.0. The molecule has 0 aliphatic carbocycles. The summed E-state index contributed by atoms with van der Waals surface area (Å²) in [5.74, 6) is 0.173. The highest BCUT2D eigenvalue weighted by Gasteiger charge is 2.23. The van der Waals surface area contributed by atoms with E-state index < -0.39 is 0 Å². The van der Waals surface area contributed by atoms with Crippen LogP contribution in [0, 0.1) is 5.82 Å². The van der Waals surface area contributed by atoms with Crippen molar-refractivity contribution in [3.05, 3.63) is 66.1 Å². The van der Waals surface area contributed by atoms with E-state index in [0.29, 0.717) is 18.2 Å². The molecule has 4 rings (SSSR count). The first-order chi connectivity index (χ1) is 12.7. The number of para-hydroxylation sites is 1. The van der Waals surface area contributed by atoms with Crippen LogP contribution in [0.3, 0.4) is 0 Å². The van der Waals surface area contributed by atoms with Crippen molar-refractivity contribution in [3.8, 4) is 0 Å². The molecule has 1 aliphatic rings. The van der Waals surface area contributed by atoms with Crippen molar-refractivity contribution in [1.29, 1.82) is 0 Å². The van der Waals surface area contributed by atoms with Gasteiger partial charge in [-0.2, -0.15) is 0 Å². The van der Waals surface area contributed by atoms with Crippen molar-refractivity contribution in [1.82, 2.24) is 9.88 Å². The Morgan fingerprint density at radius 2 is 1.85 bits per heavy atom. The maximum absolute atomic E-state index is 12.9. The molecule has 5 heteroatoms. The van der Waals surface area contributed by atoms with E-state index in [-0.39, 0.29) is 11.7 Å². The smallest absolute Gasteiger partial charge is 0.238 e. The van der Waals surface area contributed by atoms with Crippen molar-refractivity contribution < 1.29 is 9.18 Å². The van der Waals surface area contributed by atoms with E-state index in [1.807, 2.05) is 6.07 Å². The molecule has 1 aromatic heterocycles. The fraction of sp³-hybridized carbons (Fsp3) is 0.286. The predicted molar refractivity (Wildman–Crippen MR) is 102 cm³/mol. The van der Waals surface area contributed by atoms with Gasteiger partial charge in [-0.3, -0.25) is 9.69 Å². The molecule has 1 aliphatic heterocycles. The molecule has 4 nitrogen and oxygen atoms in total. The van der Waals surface area contributed by atoms with Gasteiger partial charge in [-0.15, -0.1) is 0 Å². The van der Waals surface area contributed by atoms with Gasteiger partial charge >= 0.3 is 0 Å². The quantitative estimate of drug-likeness (QED) is 0.743. The summed E-state index contributed by atoms with van der Waals surface area (Å²) in [6.45, 7) is 2.18. The first-order valence-corrected chi connectivity index (χ1v) is 9.03. The van der Waals surface area contributed by atoms with Gasteiger partial charge in [-0.25, -0.2) is 4.39 Å². The number of hydrogen-bond donors (Lipinski definition) is 2. The Hall–Kier alpha value is -2.66. The Labute approximate surface area is 152 Å². The number of carbonyl (C=O) groups is 1. The first-order valence-electron chi connectivity index (χ1n) is 9.03. The summed E-state index contributed by atoms with van der Waals surface area (Å²) in [7, 11) is 0. The molecule has 0 unspecified atom stereocenters.